The summed E-state index contributed by atoms with van der Waals surface area (Å²) >= 11 is 0. The summed E-state index contributed by atoms with van der Waals surface area (Å²) in [6.07, 6.45) is 2.77. The Morgan fingerprint density at radius 1 is 1.31 bits per heavy atom. The molecule has 1 amide bonds. The molecule has 150 valence electrons. The van der Waals surface area contributed by atoms with E-state index in [0.29, 0.717) is 12.5 Å². The van der Waals surface area contributed by atoms with Gasteiger partial charge in [-0.25, -0.2) is 0 Å². The van der Waals surface area contributed by atoms with Gasteiger partial charge >= 0.3 is 0 Å². The van der Waals surface area contributed by atoms with Crippen LogP contribution in [-0.4, -0.2) is 18.5 Å². The fraction of sp³-hybridized carbons (Fsp3) is 0.360. The molecule has 0 saturated carbocycles. The molecule has 0 aromatic heterocycles. The number of hydrogen-bond acceptors (Lipinski definition) is 3. The molecule has 0 aliphatic carbocycles. The van der Waals surface area contributed by atoms with Crippen molar-refractivity contribution in [3.8, 4) is 6.07 Å². The SMILES string of the molecule is Cc1cc2c(cc1/C=C(/C#N)C(=O)NCc1ccccc1)[C@@H](C)CC(C)(C)N2C. The maximum atomic E-state index is 12.5. The molecule has 29 heavy (non-hydrogen) atoms. The molecule has 1 aliphatic rings. The van der Waals surface area contributed by atoms with Gasteiger partial charge in [0.1, 0.15) is 11.6 Å². The molecule has 3 rings (SSSR count). The van der Waals surface area contributed by atoms with E-state index in [1.807, 2.05) is 37.3 Å². The fourth-order valence-corrected chi connectivity index (χ4v) is 4.07. The van der Waals surface area contributed by atoms with E-state index >= 15 is 0 Å². The van der Waals surface area contributed by atoms with Crippen LogP contribution in [0, 0.1) is 18.3 Å². The maximum absolute atomic E-state index is 12.5. The van der Waals surface area contributed by atoms with Crippen molar-refractivity contribution in [2.24, 2.45) is 0 Å². The molecule has 2 aromatic rings. The Hall–Kier alpha value is -3.06. The van der Waals surface area contributed by atoms with Crippen molar-refractivity contribution in [1.82, 2.24) is 5.32 Å². The van der Waals surface area contributed by atoms with Gasteiger partial charge < -0.3 is 10.2 Å². The highest BCUT2D eigenvalue weighted by atomic mass is 16.1. The van der Waals surface area contributed by atoms with Crippen molar-refractivity contribution in [1.29, 1.82) is 5.26 Å². The van der Waals surface area contributed by atoms with Crippen LogP contribution in [0.4, 0.5) is 5.69 Å². The molecule has 0 bridgehead atoms. The number of carbonyl (C=O) groups is 1. The summed E-state index contributed by atoms with van der Waals surface area (Å²) in [5, 5.41) is 12.4. The average molecular weight is 388 g/mol. The number of nitrogens with zero attached hydrogens (tertiary/aromatic N) is 2. The number of anilines is 1. The van der Waals surface area contributed by atoms with Gasteiger partial charge in [0.25, 0.3) is 5.91 Å². The summed E-state index contributed by atoms with van der Waals surface area (Å²) in [5.74, 6) is 0.0705. The number of benzene rings is 2. The van der Waals surface area contributed by atoms with E-state index in [4.69, 9.17) is 0 Å². The lowest BCUT2D eigenvalue weighted by atomic mass is 9.79. The van der Waals surface area contributed by atoms with Crippen LogP contribution in [0.25, 0.3) is 6.08 Å². The second-order valence-electron chi connectivity index (χ2n) is 8.58. The standard InChI is InChI=1S/C25H29N3O/c1-17-11-23-22(18(2)14-25(3,4)28(23)5)13-20(17)12-21(15-26)24(29)27-16-19-9-7-6-8-10-19/h6-13,18H,14,16H2,1-5H3,(H,27,29)/b21-12-/t18-/m0/s1. The van der Waals surface area contributed by atoms with Crippen LogP contribution in [0.5, 0.6) is 0 Å². The largest absolute Gasteiger partial charge is 0.369 e. The third-order valence-corrected chi connectivity index (χ3v) is 5.98. The molecule has 0 unspecified atom stereocenters. The summed E-state index contributed by atoms with van der Waals surface area (Å²) in [5.41, 5.74) is 5.72. The molecule has 4 nitrogen and oxygen atoms in total. The van der Waals surface area contributed by atoms with Gasteiger partial charge in [-0.15, -0.1) is 0 Å². The second kappa shape index (κ2) is 8.13. The molecule has 1 heterocycles. The molecule has 1 atom stereocenters. The number of hydrogen-bond donors (Lipinski definition) is 1. The molecule has 1 aliphatic heterocycles. The van der Waals surface area contributed by atoms with Crippen LogP contribution in [0.15, 0.2) is 48.0 Å². The maximum Gasteiger partial charge on any atom is 0.262 e. The first kappa shape index (κ1) is 20.7. The van der Waals surface area contributed by atoms with Crippen LogP contribution < -0.4 is 10.2 Å². The summed E-state index contributed by atoms with van der Waals surface area (Å²) in [6, 6.07) is 16.1. The van der Waals surface area contributed by atoms with Crippen molar-refractivity contribution < 1.29 is 4.79 Å². The molecule has 0 saturated heterocycles. The minimum Gasteiger partial charge on any atom is -0.369 e. The van der Waals surface area contributed by atoms with Gasteiger partial charge in [-0.2, -0.15) is 5.26 Å². The van der Waals surface area contributed by atoms with Gasteiger partial charge in [-0.3, -0.25) is 4.79 Å². The van der Waals surface area contributed by atoms with Gasteiger partial charge in [-0.05, 0) is 73.6 Å². The molecule has 0 fully saturated rings. The minimum absolute atomic E-state index is 0.103. The molecule has 2 aromatic carbocycles. The average Bonchev–Trinajstić information content (AvgIpc) is 2.69. The number of fused-ring (bicyclic) bond motifs is 1. The smallest absolute Gasteiger partial charge is 0.262 e. The highest BCUT2D eigenvalue weighted by Crippen LogP contribution is 2.43. The first-order valence-electron chi connectivity index (χ1n) is 10.0. The lowest BCUT2D eigenvalue weighted by Gasteiger charge is -2.45. The number of carbonyl (C=O) groups excluding carboxylic acids is 1. The zero-order valence-electron chi connectivity index (χ0n) is 17.9. The Balaban J connectivity index is 1.87. The van der Waals surface area contributed by atoms with Gasteiger partial charge in [0.2, 0.25) is 0 Å². The summed E-state index contributed by atoms with van der Waals surface area (Å²) in [6.45, 7) is 9.21. The zero-order valence-corrected chi connectivity index (χ0v) is 17.9. The highest BCUT2D eigenvalue weighted by molar-refractivity contribution is 6.01. The predicted molar refractivity (Wildman–Crippen MR) is 119 cm³/mol. The Bertz CT molecular complexity index is 983. The van der Waals surface area contributed by atoms with Crippen LogP contribution in [-0.2, 0) is 11.3 Å². The van der Waals surface area contributed by atoms with E-state index in [0.717, 1.165) is 23.1 Å². The van der Waals surface area contributed by atoms with Crippen molar-refractivity contribution in [3.05, 3.63) is 70.3 Å². The first-order valence-corrected chi connectivity index (χ1v) is 10.0. The Labute approximate surface area is 173 Å². The Kier molecular flexibility index (Phi) is 5.79. The van der Waals surface area contributed by atoms with Crippen LogP contribution in [0.3, 0.4) is 0 Å². The third kappa shape index (κ3) is 4.35. The lowest BCUT2D eigenvalue weighted by molar-refractivity contribution is -0.117. The monoisotopic (exact) mass is 387 g/mol. The first-order chi connectivity index (χ1) is 13.7. The number of rotatable bonds is 4. The summed E-state index contributed by atoms with van der Waals surface area (Å²) < 4.78 is 0. The van der Waals surface area contributed by atoms with Crippen molar-refractivity contribution >= 4 is 17.7 Å². The molecular formula is C25H29N3O. The minimum atomic E-state index is -0.347. The molecule has 1 N–H and O–H groups in total. The third-order valence-electron chi connectivity index (χ3n) is 5.98. The van der Waals surface area contributed by atoms with Gasteiger partial charge in [0, 0.05) is 24.8 Å². The van der Waals surface area contributed by atoms with Crippen molar-refractivity contribution in [2.45, 2.75) is 52.1 Å². The van der Waals surface area contributed by atoms with Crippen molar-refractivity contribution in [2.75, 3.05) is 11.9 Å². The highest BCUT2D eigenvalue weighted by Gasteiger charge is 2.34. The summed E-state index contributed by atoms with van der Waals surface area (Å²) in [7, 11) is 2.14. The Morgan fingerprint density at radius 2 is 2.00 bits per heavy atom. The van der Waals surface area contributed by atoms with E-state index < -0.39 is 0 Å². The van der Waals surface area contributed by atoms with E-state index in [9.17, 15) is 10.1 Å². The van der Waals surface area contributed by atoms with Gasteiger partial charge in [-0.1, -0.05) is 37.3 Å². The van der Waals surface area contributed by atoms with Crippen LogP contribution in [0.2, 0.25) is 0 Å². The second-order valence-corrected chi connectivity index (χ2v) is 8.58. The number of nitriles is 1. The quantitative estimate of drug-likeness (QED) is 0.597. The number of amides is 1. The Morgan fingerprint density at radius 3 is 2.66 bits per heavy atom. The van der Waals surface area contributed by atoms with Crippen LogP contribution >= 0.6 is 0 Å². The summed E-state index contributed by atoms with van der Waals surface area (Å²) in [4.78, 5) is 14.9. The van der Waals surface area contributed by atoms with E-state index in [1.165, 1.54) is 11.3 Å². The number of aryl methyl sites for hydroxylation is 1. The fourth-order valence-electron chi connectivity index (χ4n) is 4.07. The van der Waals surface area contributed by atoms with E-state index in [1.54, 1.807) is 6.08 Å². The topological polar surface area (TPSA) is 56.1 Å². The lowest BCUT2D eigenvalue weighted by Crippen LogP contribution is -2.45. The molecule has 0 radical (unpaired) electrons. The zero-order chi connectivity index (χ0) is 21.2. The number of nitrogens with one attached hydrogen (secondary N) is 1. The van der Waals surface area contributed by atoms with E-state index in [2.05, 4.69) is 56.2 Å². The van der Waals surface area contributed by atoms with Gasteiger partial charge in [0.15, 0.2) is 0 Å². The van der Waals surface area contributed by atoms with Crippen LogP contribution in [0.1, 0.15) is 55.4 Å². The predicted octanol–water partition coefficient (Wildman–Crippen LogP) is 4.94. The van der Waals surface area contributed by atoms with Gasteiger partial charge in [0.05, 0.1) is 0 Å². The normalized spacial score (nSPS) is 18.0. The van der Waals surface area contributed by atoms with Crippen molar-refractivity contribution in [3.63, 3.8) is 0 Å². The molecule has 4 heteroatoms. The van der Waals surface area contributed by atoms with E-state index in [-0.39, 0.29) is 17.0 Å². The molecular weight excluding hydrogens is 358 g/mol. The molecule has 0 spiro atoms.